The molecule has 3 heteroatoms. The van der Waals surface area contributed by atoms with Crippen LogP contribution < -0.4 is 0 Å². The van der Waals surface area contributed by atoms with Crippen molar-refractivity contribution in [3.8, 4) is 0 Å². The van der Waals surface area contributed by atoms with E-state index in [-0.39, 0.29) is 5.78 Å². The van der Waals surface area contributed by atoms with Crippen LogP contribution in [0.15, 0.2) is 0 Å². The van der Waals surface area contributed by atoms with Gasteiger partial charge in [-0.15, -0.1) is 11.6 Å². The predicted octanol–water partition coefficient (Wildman–Crippen LogP) is 1.74. The van der Waals surface area contributed by atoms with Gasteiger partial charge in [-0.25, -0.2) is 0 Å². The Kier molecular flexibility index (Phi) is 3.13. The largest absolute Gasteiger partial charge is 0.392 e. The summed E-state index contributed by atoms with van der Waals surface area (Å²) in [5, 5.41) is 9.65. The van der Waals surface area contributed by atoms with Gasteiger partial charge in [-0.1, -0.05) is 6.92 Å². The second-order valence-corrected chi connectivity index (χ2v) is 4.07. The Hall–Kier alpha value is -0.0800. The molecule has 0 aromatic heterocycles. The number of alkyl halides is 1. The molecule has 0 bridgehead atoms. The van der Waals surface area contributed by atoms with Crippen molar-refractivity contribution in [3.05, 3.63) is 0 Å². The summed E-state index contributed by atoms with van der Waals surface area (Å²) in [5.41, 5.74) is -0.569. The van der Waals surface area contributed by atoms with Gasteiger partial charge in [0.2, 0.25) is 0 Å². The third kappa shape index (κ3) is 1.64. The van der Waals surface area contributed by atoms with Crippen molar-refractivity contribution in [1.82, 2.24) is 0 Å². The summed E-state index contributed by atoms with van der Waals surface area (Å²) in [6, 6.07) is 0. The molecule has 0 spiro atoms. The third-order valence-electron chi connectivity index (χ3n) is 2.87. The lowest BCUT2D eigenvalue weighted by Gasteiger charge is -2.36. The maximum atomic E-state index is 11.5. The molecule has 1 N–H and O–H groups in total. The molecule has 1 aliphatic rings. The lowest BCUT2D eigenvalue weighted by molar-refractivity contribution is -0.138. The molecule has 0 aromatic rings. The Balaban J connectivity index is 2.73. The van der Waals surface area contributed by atoms with Gasteiger partial charge in [0.25, 0.3) is 0 Å². The van der Waals surface area contributed by atoms with E-state index in [4.69, 9.17) is 11.6 Å². The number of aliphatic hydroxyl groups is 1. The van der Waals surface area contributed by atoms with Crippen molar-refractivity contribution in [2.24, 2.45) is 5.41 Å². The highest BCUT2D eigenvalue weighted by atomic mass is 35.5. The van der Waals surface area contributed by atoms with Gasteiger partial charge in [0.15, 0.2) is 0 Å². The van der Waals surface area contributed by atoms with E-state index in [1.54, 1.807) is 0 Å². The van der Waals surface area contributed by atoms with Crippen LogP contribution in [0.2, 0.25) is 0 Å². The van der Waals surface area contributed by atoms with Crippen molar-refractivity contribution in [1.29, 1.82) is 0 Å². The smallest absolute Gasteiger partial charge is 0.141 e. The topological polar surface area (TPSA) is 37.3 Å². The minimum absolute atomic E-state index is 0.168. The Labute approximate surface area is 77.9 Å². The summed E-state index contributed by atoms with van der Waals surface area (Å²) in [6.45, 7) is 1.82. The standard InChI is InChI=1S/C9H15ClO2/c1-9(5-6-10)7(11)3-2-4-8(9)12/h7,11H,2-6H2,1H3/t7-,9-/m0/s1. The van der Waals surface area contributed by atoms with Crippen molar-refractivity contribution in [2.75, 3.05) is 5.88 Å². The number of carbonyl (C=O) groups excluding carboxylic acids is 1. The summed E-state index contributed by atoms with van der Waals surface area (Å²) in [4.78, 5) is 11.5. The number of aliphatic hydroxyl groups excluding tert-OH is 1. The fourth-order valence-corrected chi connectivity index (χ4v) is 2.14. The average Bonchev–Trinajstić information content (AvgIpc) is 2.02. The molecule has 70 valence electrons. The van der Waals surface area contributed by atoms with Crippen LogP contribution in [0.25, 0.3) is 0 Å². The molecular formula is C9H15ClO2. The number of halogens is 1. The van der Waals surface area contributed by atoms with Crippen LogP contribution in [0.5, 0.6) is 0 Å². The van der Waals surface area contributed by atoms with Gasteiger partial charge < -0.3 is 5.11 Å². The van der Waals surface area contributed by atoms with Gasteiger partial charge in [-0.2, -0.15) is 0 Å². The Morgan fingerprint density at radius 3 is 2.92 bits per heavy atom. The molecule has 0 aromatic carbocycles. The molecule has 0 unspecified atom stereocenters. The van der Waals surface area contributed by atoms with Crippen LogP contribution >= 0.6 is 11.6 Å². The van der Waals surface area contributed by atoms with E-state index in [2.05, 4.69) is 0 Å². The Morgan fingerprint density at radius 2 is 2.42 bits per heavy atom. The quantitative estimate of drug-likeness (QED) is 0.674. The molecule has 0 aliphatic heterocycles. The first-order chi connectivity index (χ1) is 5.61. The van der Waals surface area contributed by atoms with Gasteiger partial charge >= 0.3 is 0 Å². The molecule has 1 fully saturated rings. The van der Waals surface area contributed by atoms with E-state index in [0.29, 0.717) is 18.7 Å². The van der Waals surface area contributed by atoms with E-state index >= 15 is 0 Å². The van der Waals surface area contributed by atoms with E-state index in [1.807, 2.05) is 6.92 Å². The minimum Gasteiger partial charge on any atom is -0.392 e. The maximum Gasteiger partial charge on any atom is 0.141 e. The normalized spacial score (nSPS) is 36.9. The minimum atomic E-state index is -0.569. The summed E-state index contributed by atoms with van der Waals surface area (Å²) in [6.07, 6.45) is 2.26. The molecule has 0 amide bonds. The number of hydrogen-bond donors (Lipinski definition) is 1. The van der Waals surface area contributed by atoms with Crippen LogP contribution in [0.1, 0.15) is 32.6 Å². The molecule has 0 radical (unpaired) electrons. The summed E-state index contributed by atoms with van der Waals surface area (Å²) < 4.78 is 0. The SMILES string of the molecule is C[C@@]1(CCCl)C(=O)CCC[C@@H]1O. The monoisotopic (exact) mass is 190 g/mol. The van der Waals surface area contributed by atoms with Crippen LogP contribution in [-0.4, -0.2) is 22.9 Å². The van der Waals surface area contributed by atoms with Crippen molar-refractivity contribution >= 4 is 17.4 Å². The van der Waals surface area contributed by atoms with Gasteiger partial charge in [0.05, 0.1) is 11.5 Å². The van der Waals surface area contributed by atoms with Crippen LogP contribution in [0.4, 0.5) is 0 Å². The highest BCUT2D eigenvalue weighted by Crippen LogP contribution is 2.36. The molecule has 2 atom stereocenters. The molecule has 2 nitrogen and oxygen atoms in total. The van der Waals surface area contributed by atoms with Crippen molar-refractivity contribution < 1.29 is 9.90 Å². The number of hydrogen-bond acceptors (Lipinski definition) is 2. The lowest BCUT2D eigenvalue weighted by atomic mass is 9.70. The molecule has 1 saturated carbocycles. The van der Waals surface area contributed by atoms with Gasteiger partial charge in [0.1, 0.15) is 5.78 Å². The zero-order valence-corrected chi connectivity index (χ0v) is 8.10. The molecule has 0 saturated heterocycles. The number of rotatable bonds is 2. The first-order valence-electron chi connectivity index (χ1n) is 4.38. The second kappa shape index (κ2) is 3.75. The van der Waals surface area contributed by atoms with E-state index < -0.39 is 11.5 Å². The lowest BCUT2D eigenvalue weighted by Crippen LogP contribution is -2.43. The third-order valence-corrected chi connectivity index (χ3v) is 3.06. The van der Waals surface area contributed by atoms with E-state index in [1.165, 1.54) is 0 Å². The van der Waals surface area contributed by atoms with Gasteiger partial charge in [-0.3, -0.25) is 4.79 Å². The second-order valence-electron chi connectivity index (χ2n) is 3.69. The number of carbonyl (C=O) groups is 1. The fraction of sp³-hybridized carbons (Fsp3) is 0.889. The Morgan fingerprint density at radius 1 is 1.75 bits per heavy atom. The highest BCUT2D eigenvalue weighted by molar-refractivity contribution is 6.18. The zero-order chi connectivity index (χ0) is 9.19. The summed E-state index contributed by atoms with van der Waals surface area (Å²) in [5.74, 6) is 0.612. The number of Topliss-reactive ketones (excluding diaryl/α,β-unsaturated/α-hetero) is 1. The van der Waals surface area contributed by atoms with E-state index in [9.17, 15) is 9.90 Å². The number of ketones is 1. The predicted molar refractivity (Wildman–Crippen MR) is 48.3 cm³/mol. The zero-order valence-electron chi connectivity index (χ0n) is 7.35. The van der Waals surface area contributed by atoms with Gasteiger partial charge in [0, 0.05) is 12.3 Å². The molecule has 1 aliphatic carbocycles. The highest BCUT2D eigenvalue weighted by Gasteiger charge is 2.41. The fourth-order valence-electron chi connectivity index (χ4n) is 1.75. The average molecular weight is 191 g/mol. The van der Waals surface area contributed by atoms with Gasteiger partial charge in [-0.05, 0) is 19.3 Å². The molecule has 0 heterocycles. The van der Waals surface area contributed by atoms with Crippen molar-refractivity contribution in [2.45, 2.75) is 38.7 Å². The van der Waals surface area contributed by atoms with Crippen LogP contribution in [-0.2, 0) is 4.79 Å². The Bertz CT molecular complexity index is 181. The van der Waals surface area contributed by atoms with E-state index in [0.717, 1.165) is 12.8 Å². The summed E-state index contributed by atoms with van der Waals surface area (Å²) >= 11 is 5.59. The maximum absolute atomic E-state index is 11.5. The first kappa shape index (κ1) is 10.0. The molecule has 12 heavy (non-hydrogen) atoms. The molecular weight excluding hydrogens is 176 g/mol. The van der Waals surface area contributed by atoms with Crippen LogP contribution in [0.3, 0.4) is 0 Å². The van der Waals surface area contributed by atoms with Crippen molar-refractivity contribution in [3.63, 3.8) is 0 Å². The molecule has 1 rings (SSSR count). The summed E-state index contributed by atoms with van der Waals surface area (Å²) in [7, 11) is 0. The first-order valence-corrected chi connectivity index (χ1v) is 4.92. The van der Waals surface area contributed by atoms with Crippen LogP contribution in [0, 0.1) is 5.41 Å².